The lowest BCUT2D eigenvalue weighted by Crippen LogP contribution is -2.14. The van der Waals surface area contributed by atoms with Crippen LogP contribution in [-0.4, -0.2) is 5.84 Å². The Hall–Kier alpha value is -0.790. The standard InChI is InChI=1S/C4H6N2/c1-3-2-4(5)6-3/h2H,1H3,(H2,5,6). The van der Waals surface area contributed by atoms with Gasteiger partial charge in [-0.25, -0.2) is 4.99 Å². The first kappa shape index (κ1) is 3.40. The molecule has 0 atom stereocenters. The van der Waals surface area contributed by atoms with Crippen LogP contribution in [0, 0.1) is 0 Å². The third kappa shape index (κ3) is 0.302. The van der Waals surface area contributed by atoms with Gasteiger partial charge in [0.15, 0.2) is 0 Å². The van der Waals surface area contributed by atoms with Crippen molar-refractivity contribution < 1.29 is 0 Å². The van der Waals surface area contributed by atoms with Crippen molar-refractivity contribution in [2.24, 2.45) is 10.7 Å². The van der Waals surface area contributed by atoms with Crippen molar-refractivity contribution in [2.75, 3.05) is 0 Å². The zero-order valence-electron chi connectivity index (χ0n) is 3.60. The van der Waals surface area contributed by atoms with E-state index in [1.807, 2.05) is 13.0 Å². The summed E-state index contributed by atoms with van der Waals surface area (Å²) in [5.74, 6) is 0.646. The Balaban J connectivity index is 2.57. The highest BCUT2D eigenvalue weighted by Gasteiger charge is 1.96. The monoisotopic (exact) mass is 82.1 g/mol. The molecule has 2 N–H and O–H groups in total. The van der Waals surface area contributed by atoms with Crippen molar-refractivity contribution >= 4 is 5.84 Å². The quantitative estimate of drug-likeness (QED) is 0.447. The van der Waals surface area contributed by atoms with Crippen molar-refractivity contribution in [2.45, 2.75) is 6.92 Å². The number of hydrogen-bond acceptors (Lipinski definition) is 2. The molecule has 1 aliphatic heterocycles. The molecule has 2 heteroatoms. The van der Waals surface area contributed by atoms with Crippen LogP contribution in [0.3, 0.4) is 0 Å². The first-order chi connectivity index (χ1) is 2.79. The van der Waals surface area contributed by atoms with Crippen LogP contribution in [0.25, 0.3) is 0 Å². The Kier molecular flexibility index (Phi) is 0.473. The Morgan fingerprint density at radius 1 is 1.83 bits per heavy atom. The van der Waals surface area contributed by atoms with E-state index in [4.69, 9.17) is 5.73 Å². The summed E-state index contributed by atoms with van der Waals surface area (Å²) in [5, 5.41) is 0. The van der Waals surface area contributed by atoms with Crippen LogP contribution in [-0.2, 0) is 0 Å². The lowest BCUT2D eigenvalue weighted by Gasteiger charge is -2.01. The lowest BCUT2D eigenvalue weighted by atomic mass is 10.3. The summed E-state index contributed by atoms with van der Waals surface area (Å²) in [6.07, 6.45) is 1.83. The highest BCUT2D eigenvalue weighted by Crippen LogP contribution is 2.02. The molecule has 0 aromatic carbocycles. The summed E-state index contributed by atoms with van der Waals surface area (Å²) >= 11 is 0. The molecule has 0 fully saturated rings. The first-order valence-corrected chi connectivity index (χ1v) is 1.81. The highest BCUT2D eigenvalue weighted by molar-refractivity contribution is 5.97. The molecule has 1 heterocycles. The third-order valence-electron chi connectivity index (χ3n) is 0.662. The number of hydrogen-bond donors (Lipinski definition) is 1. The predicted molar refractivity (Wildman–Crippen MR) is 25.4 cm³/mol. The van der Waals surface area contributed by atoms with Gasteiger partial charge in [-0.1, -0.05) is 0 Å². The highest BCUT2D eigenvalue weighted by atomic mass is 14.9. The third-order valence-corrected chi connectivity index (χ3v) is 0.662. The average Bonchev–Trinajstić information content (AvgIpc) is 1.33. The van der Waals surface area contributed by atoms with Crippen molar-refractivity contribution in [3.05, 3.63) is 11.8 Å². The van der Waals surface area contributed by atoms with Gasteiger partial charge >= 0.3 is 0 Å². The van der Waals surface area contributed by atoms with Gasteiger partial charge in [-0.3, -0.25) is 0 Å². The van der Waals surface area contributed by atoms with Gasteiger partial charge in [-0.2, -0.15) is 0 Å². The summed E-state index contributed by atoms with van der Waals surface area (Å²) in [6, 6.07) is 0. The minimum atomic E-state index is 0.646. The van der Waals surface area contributed by atoms with Gasteiger partial charge in [0.25, 0.3) is 0 Å². The Morgan fingerprint density at radius 3 is 2.33 bits per heavy atom. The summed E-state index contributed by atoms with van der Waals surface area (Å²) in [5.41, 5.74) is 6.16. The minimum Gasteiger partial charge on any atom is -0.384 e. The number of allylic oxidation sites excluding steroid dienone is 1. The van der Waals surface area contributed by atoms with E-state index >= 15 is 0 Å². The molecule has 0 bridgehead atoms. The summed E-state index contributed by atoms with van der Waals surface area (Å²) in [7, 11) is 0. The second-order valence-electron chi connectivity index (χ2n) is 1.32. The van der Waals surface area contributed by atoms with Gasteiger partial charge in [-0.15, -0.1) is 0 Å². The van der Waals surface area contributed by atoms with Gasteiger partial charge in [0.1, 0.15) is 5.84 Å². The van der Waals surface area contributed by atoms with Crippen LogP contribution in [0.2, 0.25) is 0 Å². The molecule has 6 heavy (non-hydrogen) atoms. The largest absolute Gasteiger partial charge is 0.384 e. The average molecular weight is 82.1 g/mol. The summed E-state index contributed by atoms with van der Waals surface area (Å²) in [6.45, 7) is 1.91. The van der Waals surface area contributed by atoms with Gasteiger partial charge in [0.05, 0.1) is 0 Å². The molecule has 1 rings (SSSR count). The first-order valence-electron chi connectivity index (χ1n) is 1.81. The fourth-order valence-corrected chi connectivity index (χ4v) is 0.416. The van der Waals surface area contributed by atoms with E-state index in [9.17, 15) is 0 Å². The maximum absolute atomic E-state index is 5.14. The number of nitrogens with zero attached hydrogens (tertiary/aromatic N) is 1. The molecule has 0 aromatic rings. The minimum absolute atomic E-state index is 0.646. The van der Waals surface area contributed by atoms with E-state index in [-0.39, 0.29) is 0 Å². The maximum atomic E-state index is 5.14. The molecule has 0 amide bonds. The molecular weight excluding hydrogens is 76.1 g/mol. The molecule has 0 aromatic heterocycles. The van der Waals surface area contributed by atoms with E-state index in [0.29, 0.717) is 5.84 Å². The fourth-order valence-electron chi connectivity index (χ4n) is 0.416. The zero-order valence-corrected chi connectivity index (χ0v) is 3.60. The van der Waals surface area contributed by atoms with Gasteiger partial charge in [0.2, 0.25) is 0 Å². The summed E-state index contributed by atoms with van der Waals surface area (Å²) < 4.78 is 0. The Labute approximate surface area is 36.4 Å². The molecule has 0 saturated heterocycles. The number of rotatable bonds is 0. The normalized spacial score (nSPS) is 18.2. The zero-order chi connectivity index (χ0) is 4.57. The van der Waals surface area contributed by atoms with E-state index in [1.165, 1.54) is 0 Å². The molecule has 0 saturated carbocycles. The van der Waals surface area contributed by atoms with E-state index < -0.39 is 0 Å². The van der Waals surface area contributed by atoms with Crippen LogP contribution in [0.4, 0.5) is 0 Å². The van der Waals surface area contributed by atoms with Crippen LogP contribution in [0.1, 0.15) is 6.92 Å². The van der Waals surface area contributed by atoms with Crippen molar-refractivity contribution in [3.8, 4) is 0 Å². The van der Waals surface area contributed by atoms with Crippen LogP contribution in [0.15, 0.2) is 16.8 Å². The molecule has 0 radical (unpaired) electrons. The molecule has 2 nitrogen and oxygen atoms in total. The Bertz CT molecular complexity index is 100. The topological polar surface area (TPSA) is 38.4 Å². The van der Waals surface area contributed by atoms with Crippen LogP contribution >= 0.6 is 0 Å². The number of amidine groups is 1. The number of aliphatic imine (C=N–C) groups is 1. The number of nitrogens with two attached hydrogens (primary N) is 1. The molecule has 1 aliphatic rings. The molecule has 0 aliphatic carbocycles. The van der Waals surface area contributed by atoms with Crippen molar-refractivity contribution in [1.29, 1.82) is 0 Å². The van der Waals surface area contributed by atoms with E-state index in [0.717, 1.165) is 5.70 Å². The van der Waals surface area contributed by atoms with Crippen LogP contribution in [0.5, 0.6) is 0 Å². The second-order valence-corrected chi connectivity index (χ2v) is 1.32. The van der Waals surface area contributed by atoms with Gasteiger partial charge < -0.3 is 5.73 Å². The second kappa shape index (κ2) is 0.834. The molecular formula is C4H6N2. The summed E-state index contributed by atoms with van der Waals surface area (Å²) in [4.78, 5) is 3.78. The van der Waals surface area contributed by atoms with Gasteiger partial charge in [0, 0.05) is 11.8 Å². The smallest absolute Gasteiger partial charge is 0.125 e. The van der Waals surface area contributed by atoms with Crippen molar-refractivity contribution in [1.82, 2.24) is 0 Å². The predicted octanol–water partition coefficient (Wildman–Crippen LogP) is 0.261. The molecule has 0 spiro atoms. The van der Waals surface area contributed by atoms with E-state index in [1.54, 1.807) is 0 Å². The Morgan fingerprint density at radius 2 is 2.33 bits per heavy atom. The SMILES string of the molecule is CC1=CC(N)=N1. The molecule has 32 valence electrons. The maximum Gasteiger partial charge on any atom is 0.125 e. The molecule has 0 unspecified atom stereocenters. The van der Waals surface area contributed by atoms with Gasteiger partial charge in [-0.05, 0) is 6.92 Å². The van der Waals surface area contributed by atoms with E-state index in [2.05, 4.69) is 4.99 Å². The van der Waals surface area contributed by atoms with Crippen molar-refractivity contribution in [3.63, 3.8) is 0 Å². The van der Waals surface area contributed by atoms with Crippen LogP contribution < -0.4 is 5.73 Å². The fraction of sp³-hybridized carbons (Fsp3) is 0.250. The lowest BCUT2D eigenvalue weighted by molar-refractivity contribution is 1.24.